The molecule has 1 amide bonds. The van der Waals surface area contributed by atoms with Crippen LogP contribution in [0, 0.1) is 0 Å². The largest absolute Gasteiger partial charge is 0.465 e. The maximum Gasteiger partial charge on any atom is 0.250 e. The molecule has 1 aliphatic carbocycles. The molecule has 0 unspecified atom stereocenters. The van der Waals surface area contributed by atoms with Crippen molar-refractivity contribution in [1.82, 2.24) is 14.6 Å². The lowest BCUT2D eigenvalue weighted by Crippen LogP contribution is -2.09. The zero-order valence-electron chi connectivity index (χ0n) is 14.6. The number of anilines is 1. The lowest BCUT2D eigenvalue weighted by molar-refractivity contribution is -0.111. The highest BCUT2D eigenvalue weighted by atomic mass is 16.5. The quantitative estimate of drug-likeness (QED) is 0.821. The summed E-state index contributed by atoms with van der Waals surface area (Å²) in [6, 6.07) is 5.48. The smallest absolute Gasteiger partial charge is 0.250 e. The Hall–Kier alpha value is -3.61. The molecule has 0 saturated heterocycles. The zero-order valence-corrected chi connectivity index (χ0v) is 14.6. The maximum atomic E-state index is 11.5. The molecule has 0 atom stereocenters. The second-order valence-corrected chi connectivity index (χ2v) is 6.08. The van der Waals surface area contributed by atoms with Gasteiger partial charge in [-0.1, -0.05) is 36.4 Å². The van der Waals surface area contributed by atoms with Crippen molar-refractivity contribution in [3.05, 3.63) is 78.6 Å². The molecule has 136 valence electrons. The van der Waals surface area contributed by atoms with Gasteiger partial charge >= 0.3 is 0 Å². The van der Waals surface area contributed by atoms with Gasteiger partial charge in [-0.15, -0.1) is 5.10 Å². The van der Waals surface area contributed by atoms with Crippen molar-refractivity contribution in [2.75, 3.05) is 5.32 Å². The fraction of sp³-hybridized carbons (Fsp3) is 0.150. The van der Waals surface area contributed by atoms with Crippen molar-refractivity contribution in [3.63, 3.8) is 0 Å². The fourth-order valence-corrected chi connectivity index (χ4v) is 2.88. The van der Waals surface area contributed by atoms with E-state index in [1.807, 2.05) is 12.1 Å². The average molecular weight is 362 g/mol. The molecule has 7 nitrogen and oxygen atoms in total. The molecule has 0 radical (unpaired) electrons. The average Bonchev–Trinajstić information content (AvgIpc) is 3.11. The number of allylic oxidation sites excluding steroid dienone is 4. The number of hydrogen-bond acceptors (Lipinski definition) is 5. The monoisotopic (exact) mass is 362 g/mol. The summed E-state index contributed by atoms with van der Waals surface area (Å²) in [5.41, 5.74) is 2.54. The Morgan fingerprint density at radius 1 is 1.37 bits per heavy atom. The van der Waals surface area contributed by atoms with E-state index in [1.54, 1.807) is 16.8 Å². The van der Waals surface area contributed by atoms with Crippen LogP contribution in [0.1, 0.15) is 25.0 Å². The van der Waals surface area contributed by atoms with E-state index in [0.29, 0.717) is 23.5 Å². The first-order chi connectivity index (χ1) is 13.2. The second kappa shape index (κ2) is 7.33. The highest BCUT2D eigenvalue weighted by Gasteiger charge is 2.18. The number of rotatable bonds is 5. The van der Waals surface area contributed by atoms with Crippen LogP contribution < -0.4 is 5.32 Å². The summed E-state index contributed by atoms with van der Waals surface area (Å²) in [7, 11) is 0. The lowest BCUT2D eigenvalue weighted by atomic mass is 10.0. The Bertz CT molecular complexity index is 1030. The Balaban J connectivity index is 1.57. The minimum absolute atomic E-state index is 0.194. The van der Waals surface area contributed by atoms with Gasteiger partial charge in [0.25, 0.3) is 0 Å². The molecule has 2 aliphatic rings. The third-order valence-electron chi connectivity index (χ3n) is 4.15. The molecule has 0 saturated carbocycles. The topological polar surface area (TPSA) is 77.8 Å². The predicted octanol–water partition coefficient (Wildman–Crippen LogP) is 3.71. The molecule has 2 aromatic heterocycles. The lowest BCUT2D eigenvalue weighted by Gasteiger charge is -2.18. The van der Waals surface area contributed by atoms with Crippen molar-refractivity contribution in [1.29, 1.82) is 0 Å². The normalized spacial score (nSPS) is 15.9. The molecule has 2 aromatic rings. The van der Waals surface area contributed by atoms with E-state index in [1.165, 1.54) is 17.9 Å². The number of nitrogens with one attached hydrogen (secondary N) is 1. The van der Waals surface area contributed by atoms with E-state index >= 15 is 0 Å². The number of hydrogen-bond donors (Lipinski definition) is 1. The SMILES string of the molecule is C=CC(=O)Nc1nc2cccc(C3=COC=C(CC4=CC=CCC4)O3)n2n1. The number of carbonyl (C=O) groups excluding carboxylic acids is 1. The van der Waals surface area contributed by atoms with Crippen LogP contribution in [0.4, 0.5) is 5.95 Å². The van der Waals surface area contributed by atoms with Crippen LogP contribution in [0.3, 0.4) is 0 Å². The van der Waals surface area contributed by atoms with Crippen LogP contribution in [0.2, 0.25) is 0 Å². The first-order valence-electron chi connectivity index (χ1n) is 8.59. The highest BCUT2D eigenvalue weighted by Crippen LogP contribution is 2.29. The predicted molar refractivity (Wildman–Crippen MR) is 101 cm³/mol. The molecule has 1 aliphatic heterocycles. The Labute approximate surface area is 156 Å². The standard InChI is InChI=1S/C20H18N4O3/c1-2-19(25)22-20-21-18-10-6-9-16(24(18)23-20)17-13-26-12-15(27-17)11-14-7-4-3-5-8-14/h2-4,6-7,9-10,12-13H,1,5,8,11H2,(H,22,23,25). The molecule has 4 rings (SSSR count). The van der Waals surface area contributed by atoms with E-state index in [0.717, 1.165) is 18.6 Å². The van der Waals surface area contributed by atoms with E-state index in [9.17, 15) is 4.79 Å². The molecule has 0 aromatic carbocycles. The number of ether oxygens (including phenoxy) is 2. The number of aromatic nitrogens is 3. The number of amides is 1. The molecule has 0 bridgehead atoms. The molecule has 0 fully saturated rings. The Kier molecular flexibility index (Phi) is 4.57. The first kappa shape index (κ1) is 16.8. The summed E-state index contributed by atoms with van der Waals surface area (Å²) in [6.45, 7) is 3.42. The Morgan fingerprint density at radius 2 is 2.30 bits per heavy atom. The van der Waals surface area contributed by atoms with E-state index < -0.39 is 0 Å². The molecular weight excluding hydrogens is 344 g/mol. The van der Waals surface area contributed by atoms with Gasteiger partial charge in [-0.2, -0.15) is 4.98 Å². The number of pyridine rings is 1. The Morgan fingerprint density at radius 3 is 3.11 bits per heavy atom. The molecule has 0 spiro atoms. The van der Waals surface area contributed by atoms with Crippen LogP contribution in [0.5, 0.6) is 0 Å². The third-order valence-corrected chi connectivity index (χ3v) is 4.15. The third kappa shape index (κ3) is 3.67. The summed E-state index contributed by atoms with van der Waals surface area (Å²) in [5.74, 6) is 1.08. The minimum Gasteiger partial charge on any atom is -0.465 e. The second-order valence-electron chi connectivity index (χ2n) is 6.08. The van der Waals surface area contributed by atoms with Gasteiger partial charge in [0.2, 0.25) is 11.9 Å². The summed E-state index contributed by atoms with van der Waals surface area (Å²) >= 11 is 0. The summed E-state index contributed by atoms with van der Waals surface area (Å²) < 4.78 is 13.1. The van der Waals surface area contributed by atoms with E-state index in [2.05, 4.69) is 40.2 Å². The van der Waals surface area contributed by atoms with Crippen LogP contribution in [0.15, 0.2) is 72.9 Å². The van der Waals surface area contributed by atoms with Gasteiger partial charge in [0.1, 0.15) is 24.0 Å². The van der Waals surface area contributed by atoms with Gasteiger partial charge in [0.05, 0.1) is 0 Å². The van der Waals surface area contributed by atoms with Gasteiger partial charge in [-0.25, -0.2) is 4.52 Å². The number of carbonyl (C=O) groups is 1. The van der Waals surface area contributed by atoms with Crippen LogP contribution in [-0.4, -0.2) is 20.5 Å². The van der Waals surface area contributed by atoms with Crippen molar-refractivity contribution in [3.8, 4) is 0 Å². The van der Waals surface area contributed by atoms with Crippen LogP contribution >= 0.6 is 0 Å². The zero-order chi connectivity index (χ0) is 18.6. The van der Waals surface area contributed by atoms with Gasteiger partial charge in [0.15, 0.2) is 11.4 Å². The highest BCUT2D eigenvalue weighted by molar-refractivity contribution is 5.97. The summed E-state index contributed by atoms with van der Waals surface area (Å²) in [5, 5.41) is 6.88. The molecule has 1 N–H and O–H groups in total. The van der Waals surface area contributed by atoms with E-state index in [-0.39, 0.29) is 11.9 Å². The first-order valence-corrected chi connectivity index (χ1v) is 8.59. The van der Waals surface area contributed by atoms with Gasteiger partial charge in [-0.3, -0.25) is 10.1 Å². The van der Waals surface area contributed by atoms with Gasteiger partial charge in [-0.05, 0) is 31.1 Å². The van der Waals surface area contributed by atoms with Crippen molar-refractivity contribution in [2.45, 2.75) is 19.3 Å². The van der Waals surface area contributed by atoms with Crippen LogP contribution in [-0.2, 0) is 14.3 Å². The fourth-order valence-electron chi connectivity index (χ4n) is 2.88. The summed E-state index contributed by atoms with van der Waals surface area (Å²) in [6.07, 6.45) is 13.4. The number of fused-ring (bicyclic) bond motifs is 1. The number of nitrogens with zero attached hydrogens (tertiary/aromatic N) is 3. The van der Waals surface area contributed by atoms with Crippen molar-refractivity contribution < 1.29 is 14.3 Å². The van der Waals surface area contributed by atoms with Gasteiger partial charge < -0.3 is 9.47 Å². The molecule has 7 heteroatoms. The van der Waals surface area contributed by atoms with Crippen LogP contribution in [0.25, 0.3) is 11.4 Å². The maximum absolute atomic E-state index is 11.5. The molecular formula is C20H18N4O3. The van der Waals surface area contributed by atoms with Crippen molar-refractivity contribution in [2.24, 2.45) is 0 Å². The van der Waals surface area contributed by atoms with E-state index in [4.69, 9.17) is 9.47 Å². The van der Waals surface area contributed by atoms with Crippen molar-refractivity contribution >= 4 is 23.3 Å². The molecule has 3 heterocycles. The minimum atomic E-state index is -0.371. The molecule has 27 heavy (non-hydrogen) atoms. The van der Waals surface area contributed by atoms with Gasteiger partial charge in [0, 0.05) is 6.42 Å². The summed E-state index contributed by atoms with van der Waals surface area (Å²) in [4.78, 5) is 15.8.